The molecule has 1 aromatic rings. The zero-order valence-electron chi connectivity index (χ0n) is 12.3. The van der Waals surface area contributed by atoms with Crippen LogP contribution < -0.4 is 0 Å². The first-order chi connectivity index (χ1) is 9.99. The van der Waals surface area contributed by atoms with Gasteiger partial charge in [0.05, 0.1) is 0 Å². The van der Waals surface area contributed by atoms with Crippen LogP contribution in [0.15, 0.2) is 42.5 Å². The quantitative estimate of drug-likeness (QED) is 0.546. The third kappa shape index (κ3) is 7.56. The summed E-state index contributed by atoms with van der Waals surface area (Å²) in [5.41, 5.74) is 1.52. The summed E-state index contributed by atoms with van der Waals surface area (Å²) < 4.78 is 10.2. The monoisotopic (exact) mass is 308 g/mol. The largest absolute Gasteiger partial charge is 0.458 e. The summed E-state index contributed by atoms with van der Waals surface area (Å²) in [5, 5.41) is 0. The lowest BCUT2D eigenvalue weighted by molar-refractivity contribution is -0.153. The number of hydrogen-bond donors (Lipinski definition) is 0. The van der Waals surface area contributed by atoms with Gasteiger partial charge in [0, 0.05) is 24.0 Å². The molecule has 0 heterocycles. The van der Waals surface area contributed by atoms with Crippen molar-refractivity contribution in [1.29, 1.82) is 0 Å². The molecule has 0 aliphatic rings. The molecule has 0 aliphatic heterocycles. The fraction of sp³-hybridized carbons (Fsp3) is 0.375. The zero-order chi connectivity index (χ0) is 15.7. The molecule has 0 aliphatic carbocycles. The van der Waals surface area contributed by atoms with Crippen LogP contribution in [0, 0.1) is 0 Å². The molecule has 1 atom stereocenters. The van der Waals surface area contributed by atoms with Crippen molar-refractivity contribution in [3.8, 4) is 0 Å². The third-order valence-corrected chi connectivity index (χ3v) is 3.64. The second kappa shape index (κ2) is 9.23. The van der Waals surface area contributed by atoms with Gasteiger partial charge in [0.15, 0.2) is 0 Å². The van der Waals surface area contributed by atoms with Gasteiger partial charge in [-0.3, -0.25) is 4.79 Å². The SMILES string of the molecule is C=C(C)C(=O)OCC(CSCc1ccccc1)OC(C)=O. The maximum Gasteiger partial charge on any atom is 0.333 e. The van der Waals surface area contributed by atoms with E-state index in [-0.39, 0.29) is 12.6 Å². The van der Waals surface area contributed by atoms with E-state index in [2.05, 4.69) is 6.58 Å². The Morgan fingerprint density at radius 1 is 1.24 bits per heavy atom. The van der Waals surface area contributed by atoms with Gasteiger partial charge in [0.1, 0.15) is 12.7 Å². The predicted molar refractivity (Wildman–Crippen MR) is 83.9 cm³/mol. The zero-order valence-corrected chi connectivity index (χ0v) is 13.2. The number of hydrogen-bond acceptors (Lipinski definition) is 5. The molecular weight excluding hydrogens is 288 g/mol. The Morgan fingerprint density at radius 3 is 2.48 bits per heavy atom. The van der Waals surface area contributed by atoms with Crippen LogP contribution in [0.3, 0.4) is 0 Å². The van der Waals surface area contributed by atoms with E-state index in [0.717, 1.165) is 5.75 Å². The Morgan fingerprint density at radius 2 is 1.90 bits per heavy atom. The molecule has 1 aromatic carbocycles. The molecule has 0 amide bonds. The molecule has 0 aromatic heterocycles. The minimum Gasteiger partial charge on any atom is -0.458 e. The number of esters is 2. The van der Waals surface area contributed by atoms with Gasteiger partial charge in [-0.2, -0.15) is 11.8 Å². The molecule has 4 nitrogen and oxygen atoms in total. The van der Waals surface area contributed by atoms with Crippen molar-refractivity contribution >= 4 is 23.7 Å². The van der Waals surface area contributed by atoms with Crippen LogP contribution in [0.25, 0.3) is 0 Å². The van der Waals surface area contributed by atoms with E-state index in [9.17, 15) is 9.59 Å². The van der Waals surface area contributed by atoms with Crippen LogP contribution in [0.2, 0.25) is 0 Å². The maximum absolute atomic E-state index is 11.4. The molecule has 114 valence electrons. The summed E-state index contributed by atoms with van der Waals surface area (Å²) in [6.45, 7) is 6.48. The molecule has 0 saturated carbocycles. The van der Waals surface area contributed by atoms with Gasteiger partial charge in [-0.1, -0.05) is 36.9 Å². The summed E-state index contributed by atoms with van der Waals surface area (Å²) in [5.74, 6) is 0.525. The van der Waals surface area contributed by atoms with Gasteiger partial charge < -0.3 is 9.47 Å². The van der Waals surface area contributed by atoms with E-state index in [0.29, 0.717) is 11.3 Å². The highest BCUT2D eigenvalue weighted by atomic mass is 32.2. The van der Waals surface area contributed by atoms with Crippen LogP contribution >= 0.6 is 11.8 Å². The summed E-state index contributed by atoms with van der Waals surface area (Å²) in [6.07, 6.45) is -0.445. The molecule has 0 bridgehead atoms. The molecule has 0 saturated heterocycles. The lowest BCUT2D eigenvalue weighted by atomic mass is 10.2. The number of ether oxygens (including phenoxy) is 2. The van der Waals surface area contributed by atoms with E-state index in [1.54, 1.807) is 18.7 Å². The lowest BCUT2D eigenvalue weighted by Crippen LogP contribution is -2.26. The number of thioether (sulfide) groups is 1. The van der Waals surface area contributed by atoms with Crippen LogP contribution in [0.5, 0.6) is 0 Å². The summed E-state index contributed by atoms with van der Waals surface area (Å²) in [7, 11) is 0. The van der Waals surface area contributed by atoms with E-state index < -0.39 is 12.1 Å². The number of benzene rings is 1. The Kier molecular flexibility index (Phi) is 7.61. The summed E-state index contributed by atoms with van der Waals surface area (Å²) >= 11 is 1.63. The number of rotatable bonds is 8. The van der Waals surface area contributed by atoms with Gasteiger partial charge in [-0.25, -0.2) is 4.79 Å². The van der Waals surface area contributed by atoms with Gasteiger partial charge in [0.25, 0.3) is 0 Å². The molecule has 0 N–H and O–H groups in total. The molecular formula is C16H20O4S. The first-order valence-corrected chi connectivity index (χ1v) is 7.76. The third-order valence-electron chi connectivity index (χ3n) is 2.50. The lowest BCUT2D eigenvalue weighted by Gasteiger charge is -2.16. The molecule has 5 heteroatoms. The highest BCUT2D eigenvalue weighted by molar-refractivity contribution is 7.98. The van der Waals surface area contributed by atoms with Crippen molar-refractivity contribution < 1.29 is 19.1 Å². The van der Waals surface area contributed by atoms with Gasteiger partial charge >= 0.3 is 11.9 Å². The van der Waals surface area contributed by atoms with Gasteiger partial charge in [0.2, 0.25) is 0 Å². The van der Waals surface area contributed by atoms with Crippen molar-refractivity contribution in [2.45, 2.75) is 25.7 Å². The highest BCUT2D eigenvalue weighted by Crippen LogP contribution is 2.14. The fourth-order valence-corrected chi connectivity index (χ4v) is 2.50. The Hall–Kier alpha value is -1.75. The van der Waals surface area contributed by atoms with E-state index in [4.69, 9.17) is 9.47 Å². The summed E-state index contributed by atoms with van der Waals surface area (Å²) in [4.78, 5) is 22.4. The number of carbonyl (C=O) groups is 2. The Bertz CT molecular complexity index is 484. The van der Waals surface area contributed by atoms with Crippen LogP contribution in [0.1, 0.15) is 19.4 Å². The summed E-state index contributed by atoms with van der Waals surface area (Å²) in [6, 6.07) is 10.00. The molecule has 0 fully saturated rings. The van der Waals surface area contributed by atoms with Crippen molar-refractivity contribution in [2.75, 3.05) is 12.4 Å². The second-order valence-electron chi connectivity index (χ2n) is 4.61. The predicted octanol–water partition coefficient (Wildman–Crippen LogP) is 2.97. The van der Waals surface area contributed by atoms with Crippen LogP contribution in [-0.2, 0) is 24.8 Å². The van der Waals surface area contributed by atoms with Crippen LogP contribution in [-0.4, -0.2) is 30.4 Å². The van der Waals surface area contributed by atoms with Crippen molar-refractivity contribution in [3.05, 3.63) is 48.0 Å². The highest BCUT2D eigenvalue weighted by Gasteiger charge is 2.15. The average molecular weight is 308 g/mol. The fourth-order valence-electron chi connectivity index (χ4n) is 1.53. The molecule has 1 rings (SSSR count). The van der Waals surface area contributed by atoms with E-state index >= 15 is 0 Å². The van der Waals surface area contributed by atoms with Gasteiger partial charge in [-0.05, 0) is 12.5 Å². The van der Waals surface area contributed by atoms with Crippen molar-refractivity contribution in [2.24, 2.45) is 0 Å². The molecule has 21 heavy (non-hydrogen) atoms. The first-order valence-electron chi connectivity index (χ1n) is 6.60. The maximum atomic E-state index is 11.4. The Balaban J connectivity index is 2.40. The van der Waals surface area contributed by atoms with Crippen molar-refractivity contribution in [1.82, 2.24) is 0 Å². The molecule has 0 radical (unpaired) electrons. The van der Waals surface area contributed by atoms with Gasteiger partial charge in [-0.15, -0.1) is 0 Å². The van der Waals surface area contributed by atoms with E-state index in [1.165, 1.54) is 12.5 Å². The smallest absolute Gasteiger partial charge is 0.333 e. The molecule has 0 spiro atoms. The number of carbonyl (C=O) groups excluding carboxylic acids is 2. The van der Waals surface area contributed by atoms with E-state index in [1.807, 2.05) is 30.3 Å². The second-order valence-corrected chi connectivity index (χ2v) is 5.64. The normalized spacial score (nSPS) is 11.5. The minimum atomic E-state index is -0.472. The topological polar surface area (TPSA) is 52.6 Å². The molecule has 1 unspecified atom stereocenters. The first kappa shape index (κ1) is 17.3. The Labute approximate surface area is 129 Å². The van der Waals surface area contributed by atoms with Crippen LogP contribution in [0.4, 0.5) is 0 Å². The van der Waals surface area contributed by atoms with Crippen molar-refractivity contribution in [3.63, 3.8) is 0 Å². The minimum absolute atomic E-state index is 0.0487. The standard InChI is InChI=1S/C16H20O4S/c1-12(2)16(18)19-9-15(20-13(3)17)11-21-10-14-7-5-4-6-8-14/h4-8,15H,1,9-11H2,2-3H3. The average Bonchev–Trinajstić information content (AvgIpc) is 2.44.